The fourth-order valence-corrected chi connectivity index (χ4v) is 19.3. The normalized spacial score (nSPS) is 12.7. The van der Waals surface area contributed by atoms with E-state index in [4.69, 9.17) is 0 Å². The van der Waals surface area contributed by atoms with Gasteiger partial charge in [0.1, 0.15) is 0 Å². The van der Waals surface area contributed by atoms with Crippen LogP contribution < -0.4 is 57.3 Å². The maximum Gasteiger partial charge on any atom is 0.252 e. The molecule has 0 aliphatic carbocycles. The van der Waals surface area contributed by atoms with Gasteiger partial charge in [0, 0.05) is 89.3 Å². The summed E-state index contributed by atoms with van der Waals surface area (Å²) in [5.74, 6) is 0. The summed E-state index contributed by atoms with van der Waals surface area (Å²) in [7, 11) is 0. The second kappa shape index (κ2) is 28.2. The molecular formula is C106H77B2N5S. The van der Waals surface area contributed by atoms with Crippen molar-refractivity contribution in [3.63, 3.8) is 0 Å². The molecule has 4 heterocycles. The lowest BCUT2D eigenvalue weighted by Gasteiger charge is -2.46. The molecular weight excluding hydrogens is 1400 g/mol. The Bertz CT molecular complexity index is 6500. The molecule has 4 aliphatic rings. The molecule has 17 aromatic carbocycles. The van der Waals surface area contributed by atoms with Crippen LogP contribution in [0.3, 0.4) is 0 Å². The predicted molar refractivity (Wildman–Crippen MR) is 486 cm³/mol. The van der Waals surface area contributed by atoms with Crippen LogP contribution in [0.25, 0.3) is 55.6 Å². The smallest absolute Gasteiger partial charge is 0.252 e. The van der Waals surface area contributed by atoms with Crippen LogP contribution in [0.1, 0.15) is 26.3 Å². The Labute approximate surface area is 672 Å². The van der Waals surface area contributed by atoms with Crippen molar-refractivity contribution in [1.82, 2.24) is 0 Å². The largest absolute Gasteiger partial charge is 0.311 e. The van der Waals surface area contributed by atoms with Gasteiger partial charge in [0.05, 0.1) is 11.4 Å². The number of rotatable bonds is 14. The van der Waals surface area contributed by atoms with Gasteiger partial charge in [0.15, 0.2) is 0 Å². The highest BCUT2D eigenvalue weighted by molar-refractivity contribution is 8.00. The standard InChI is InChI=1S/C106H77B2N5S/c1-106(2,3)81-58-52-78(53-59-81)90-46-22-25-49-95(90)113-98-71-102-94(108-92-48-24-27-51-97(92)112(83-42-20-9-21-43-83)101-68-89(69-103(114-102)105(101)108)110(85-62-56-77(57-63-85)73-32-12-5-13-33-73)87-45-29-39-80(65-87)75-36-16-7-17-37-75)70-93(98)107-91-47-23-26-50-96(91)111(82-40-18-8-19-41-82)99-66-88(67-100(113)104(99)107)109(84-60-54-76(55-61-84)72-30-10-4-11-31-72)86-44-28-38-79(64-86)74-34-14-6-15-35-74/h4-71H,1-3H3. The van der Waals surface area contributed by atoms with Crippen molar-refractivity contribution < 1.29 is 0 Å². The summed E-state index contributed by atoms with van der Waals surface area (Å²) >= 11 is 1.91. The quantitative estimate of drug-likeness (QED) is 0.100. The number of hydrogen-bond acceptors (Lipinski definition) is 6. The van der Waals surface area contributed by atoms with Gasteiger partial charge in [-0.05, 0) is 210 Å². The maximum absolute atomic E-state index is 2.67. The molecule has 0 atom stereocenters. The van der Waals surface area contributed by atoms with Crippen LogP contribution in [-0.4, -0.2) is 13.4 Å². The summed E-state index contributed by atoms with van der Waals surface area (Å²) in [6.45, 7) is 6.55. The Morgan fingerprint density at radius 1 is 0.228 bits per heavy atom. The first kappa shape index (κ1) is 68.3. The van der Waals surface area contributed by atoms with Gasteiger partial charge in [0.25, 0.3) is 6.71 Å². The number of benzene rings is 17. The van der Waals surface area contributed by atoms with Gasteiger partial charge in [-0.1, -0.05) is 329 Å². The zero-order valence-corrected chi connectivity index (χ0v) is 64.4. The molecule has 8 heteroatoms. The third-order valence-corrected chi connectivity index (χ3v) is 24.5. The van der Waals surface area contributed by atoms with Crippen molar-refractivity contribution in [2.24, 2.45) is 0 Å². The summed E-state index contributed by atoms with van der Waals surface area (Å²) in [5.41, 5.74) is 36.9. The van der Waals surface area contributed by atoms with Crippen LogP contribution in [0, 0.1) is 0 Å². The summed E-state index contributed by atoms with van der Waals surface area (Å²) in [6, 6.07) is 154. The molecule has 0 saturated heterocycles. The van der Waals surface area contributed by atoms with Crippen molar-refractivity contribution in [2.45, 2.75) is 36.0 Å². The van der Waals surface area contributed by atoms with E-state index in [0.717, 1.165) is 119 Å². The highest BCUT2D eigenvalue weighted by Crippen LogP contribution is 2.53. The van der Waals surface area contributed by atoms with Crippen molar-refractivity contribution >= 4 is 143 Å². The first-order chi connectivity index (χ1) is 56.2. The lowest BCUT2D eigenvalue weighted by molar-refractivity contribution is 0.590. The summed E-state index contributed by atoms with van der Waals surface area (Å²) < 4.78 is 0. The lowest BCUT2D eigenvalue weighted by Crippen LogP contribution is -2.64. The van der Waals surface area contributed by atoms with Gasteiger partial charge in [-0.15, -0.1) is 0 Å². The molecule has 538 valence electrons. The van der Waals surface area contributed by atoms with E-state index in [1.54, 1.807) is 0 Å². The average molecular weight is 1470 g/mol. The Balaban J connectivity index is 0.836. The minimum Gasteiger partial charge on any atom is -0.311 e. The van der Waals surface area contributed by atoms with E-state index in [-0.39, 0.29) is 18.8 Å². The Kier molecular flexibility index (Phi) is 16.9. The number of fused-ring (bicyclic) bond motifs is 8. The fraction of sp³-hybridized carbons (Fsp3) is 0.0377. The Hall–Kier alpha value is -13.8. The van der Waals surface area contributed by atoms with E-state index in [0.29, 0.717) is 0 Å². The van der Waals surface area contributed by atoms with Gasteiger partial charge in [-0.25, -0.2) is 0 Å². The highest BCUT2D eigenvalue weighted by Gasteiger charge is 2.48. The molecule has 17 aromatic rings. The third-order valence-electron chi connectivity index (χ3n) is 23.4. The van der Waals surface area contributed by atoms with Crippen molar-refractivity contribution in [2.75, 3.05) is 24.5 Å². The van der Waals surface area contributed by atoms with E-state index < -0.39 is 0 Å². The zero-order valence-electron chi connectivity index (χ0n) is 63.6. The van der Waals surface area contributed by atoms with Crippen molar-refractivity contribution in [1.29, 1.82) is 0 Å². The molecule has 114 heavy (non-hydrogen) atoms. The number of hydrogen-bond donors (Lipinski definition) is 0. The van der Waals surface area contributed by atoms with Crippen LogP contribution in [0.4, 0.5) is 85.3 Å². The minimum atomic E-state index is -0.212. The fourth-order valence-electron chi connectivity index (χ4n) is 18.1. The van der Waals surface area contributed by atoms with Crippen molar-refractivity contribution in [3.8, 4) is 55.6 Å². The molecule has 0 saturated carbocycles. The van der Waals surface area contributed by atoms with E-state index in [9.17, 15) is 0 Å². The van der Waals surface area contributed by atoms with E-state index in [1.807, 2.05) is 11.8 Å². The number of para-hydroxylation sites is 5. The van der Waals surface area contributed by atoms with E-state index >= 15 is 0 Å². The van der Waals surface area contributed by atoms with Gasteiger partial charge in [-0.3, -0.25) is 0 Å². The summed E-state index contributed by atoms with van der Waals surface area (Å²) in [5, 5.41) is 0. The number of nitrogens with zero attached hydrogens (tertiary/aromatic N) is 5. The van der Waals surface area contributed by atoms with Crippen LogP contribution in [0.5, 0.6) is 0 Å². The van der Waals surface area contributed by atoms with E-state index in [2.05, 4.69) is 458 Å². The average Bonchev–Trinajstić information content (AvgIpc) is 0.661. The molecule has 4 aliphatic heterocycles. The second-order valence-corrected chi connectivity index (χ2v) is 32.2. The number of anilines is 15. The van der Waals surface area contributed by atoms with Crippen LogP contribution in [0.2, 0.25) is 0 Å². The lowest BCUT2D eigenvalue weighted by atomic mass is 9.31. The maximum atomic E-state index is 2.67. The van der Waals surface area contributed by atoms with Gasteiger partial charge >= 0.3 is 0 Å². The summed E-state index contributed by atoms with van der Waals surface area (Å²) in [4.78, 5) is 15.2. The van der Waals surface area contributed by atoms with Crippen molar-refractivity contribution in [3.05, 3.63) is 418 Å². The minimum absolute atomic E-state index is 0.0386. The molecule has 0 bridgehead atoms. The first-order valence-corrected chi connectivity index (χ1v) is 40.3. The highest BCUT2D eigenvalue weighted by atomic mass is 32.2. The van der Waals surface area contributed by atoms with Gasteiger partial charge in [-0.2, -0.15) is 0 Å². The second-order valence-electron chi connectivity index (χ2n) is 31.2. The monoisotopic (exact) mass is 1470 g/mol. The third kappa shape index (κ3) is 11.9. The van der Waals surface area contributed by atoms with Crippen LogP contribution in [0.15, 0.2) is 422 Å². The predicted octanol–water partition coefficient (Wildman–Crippen LogP) is 25.1. The molecule has 0 spiro atoms. The molecule has 0 N–H and O–H groups in total. The molecule has 0 unspecified atom stereocenters. The molecule has 0 aromatic heterocycles. The zero-order chi connectivity index (χ0) is 76.0. The van der Waals surface area contributed by atoms with Gasteiger partial charge < -0.3 is 24.5 Å². The molecule has 0 amide bonds. The Morgan fingerprint density at radius 3 is 1.09 bits per heavy atom. The molecule has 0 fully saturated rings. The molecule has 21 rings (SSSR count). The van der Waals surface area contributed by atoms with Crippen LogP contribution in [-0.2, 0) is 5.41 Å². The van der Waals surface area contributed by atoms with Crippen LogP contribution >= 0.6 is 11.8 Å². The van der Waals surface area contributed by atoms with E-state index in [1.165, 1.54) is 70.4 Å². The topological polar surface area (TPSA) is 16.2 Å². The Morgan fingerprint density at radius 2 is 0.605 bits per heavy atom. The molecule has 0 radical (unpaired) electrons. The van der Waals surface area contributed by atoms with Gasteiger partial charge in [0.2, 0.25) is 6.71 Å². The first-order valence-electron chi connectivity index (χ1n) is 39.5. The molecule has 5 nitrogen and oxygen atoms in total. The SMILES string of the molecule is CC(C)(C)c1ccc(-c2ccccc2N2c3cc4c(cc3B3c5ccccc5N(c5ccccc5)c5cc(N(c6ccc(-c7ccccc7)cc6)c6cccc(-c7ccccc7)c6)cc2c53)B2c3ccccc3N(c3ccccc3)c3cc(N(c5ccc(-c6ccccc6)cc5)c5cccc(-c6ccccc6)c5)cc(c32)S4)cc1. The summed E-state index contributed by atoms with van der Waals surface area (Å²) in [6.07, 6.45) is 0.